The Hall–Kier alpha value is -3.09. The molecule has 2 N–H and O–H groups in total. The number of aryl methyl sites for hydroxylation is 4. The zero-order valence-electron chi connectivity index (χ0n) is 42.2. The summed E-state index contributed by atoms with van der Waals surface area (Å²) in [5.74, 6) is 0. The van der Waals surface area contributed by atoms with E-state index in [-0.39, 0.29) is 11.2 Å². The first-order valence-electron chi connectivity index (χ1n) is 21.1. The largest absolute Gasteiger partial charge is 0.289 e. The van der Waals surface area contributed by atoms with Crippen molar-refractivity contribution in [1.82, 2.24) is 0 Å². The number of benzene rings is 4. The molecular weight excluding hydrogens is 853 g/mol. The predicted octanol–water partition coefficient (Wildman–Crippen LogP) is 11.2. The summed E-state index contributed by atoms with van der Waals surface area (Å²) < 4.78 is 11.4. The van der Waals surface area contributed by atoms with Gasteiger partial charge in [0.2, 0.25) is 0 Å². The lowest BCUT2D eigenvalue weighted by Gasteiger charge is -2.28. The summed E-state index contributed by atoms with van der Waals surface area (Å²) >= 11 is 0. The summed E-state index contributed by atoms with van der Waals surface area (Å²) in [6, 6.07) is 33.5. The molecule has 0 bridgehead atoms. The van der Waals surface area contributed by atoms with Crippen LogP contribution in [0.1, 0.15) is 105 Å². The molecule has 1 atom stereocenters. The maximum Gasteiger partial charge on any atom is 0.289 e. The van der Waals surface area contributed by atoms with Crippen molar-refractivity contribution in [2.24, 2.45) is 0 Å². The van der Waals surface area contributed by atoms with E-state index in [0.29, 0.717) is 0 Å². The Kier molecular flexibility index (Phi) is 29.0. The molecule has 5 radical (unpaired) electrons. The topological polar surface area (TPSA) is 95.8 Å². The van der Waals surface area contributed by atoms with Crippen molar-refractivity contribution in [3.63, 3.8) is 0 Å². The second-order valence-electron chi connectivity index (χ2n) is 19.6. The summed E-state index contributed by atoms with van der Waals surface area (Å²) in [5, 5.41) is 20.7. The molecule has 0 saturated heterocycles. The molecule has 4 rings (SSSR count). The Labute approximate surface area is 391 Å². The highest BCUT2D eigenvalue weighted by Gasteiger charge is 2.32. The normalized spacial score (nSPS) is 12.3. The lowest BCUT2D eigenvalue weighted by Crippen LogP contribution is -2.47. The van der Waals surface area contributed by atoms with Gasteiger partial charge in [-0.15, -0.1) is 18.9 Å². The Morgan fingerprint density at radius 2 is 0.905 bits per heavy atom. The van der Waals surface area contributed by atoms with Crippen molar-refractivity contribution in [3.05, 3.63) is 144 Å². The third-order valence-electron chi connectivity index (χ3n) is 7.54. The van der Waals surface area contributed by atoms with E-state index in [1.165, 1.54) is 37.8 Å². The minimum Gasteiger partial charge on any atom is -0.281 e. The smallest absolute Gasteiger partial charge is 0.281 e. The van der Waals surface area contributed by atoms with Gasteiger partial charge in [-0.2, -0.15) is 0 Å². The number of hydrogen-bond acceptors (Lipinski definition) is 8. The van der Waals surface area contributed by atoms with Crippen molar-refractivity contribution >= 4 is 57.1 Å². The van der Waals surface area contributed by atoms with Gasteiger partial charge >= 0.3 is 0 Å². The standard InChI is InChI=1S/C14H22O2Si.C13H22O2Si.C9H10Si.C7H7Si.2C4H10O2/c1-7-17(6,16-15-14(3,4)5)13-10-8-9-12(2)11-13;1-11-8-7-9-12(10-11)16(5,6)15-14-13(2,3)4;1-3-10-9-6-4-5-8(2)7-9;1-6-2-4-7(8)5-3-6;2*1-4(2,3)6-5/h7-11H,1H2,2-6H3;7-10H,1-6H3;3-7H,1H2,2H3;2-5H,1H3;2*5H,1-3H3. The van der Waals surface area contributed by atoms with Crippen molar-refractivity contribution < 1.29 is 39.2 Å². The van der Waals surface area contributed by atoms with Gasteiger partial charge in [-0.05, 0) is 141 Å². The van der Waals surface area contributed by atoms with E-state index in [9.17, 15) is 0 Å². The fourth-order valence-electron chi connectivity index (χ4n) is 4.07. The van der Waals surface area contributed by atoms with Crippen LogP contribution in [0, 0.1) is 27.7 Å². The van der Waals surface area contributed by atoms with E-state index in [4.69, 9.17) is 29.4 Å². The molecule has 0 aliphatic carbocycles. The third kappa shape index (κ3) is 34.0. The molecule has 0 heterocycles. The van der Waals surface area contributed by atoms with Crippen LogP contribution in [0.3, 0.4) is 0 Å². The van der Waals surface area contributed by atoms with Gasteiger partial charge in [-0.25, -0.2) is 19.6 Å². The highest BCUT2D eigenvalue weighted by atomic mass is 28.4. The van der Waals surface area contributed by atoms with E-state index in [1.807, 2.05) is 71.1 Å². The second-order valence-corrected chi connectivity index (χ2v) is 28.6. The molecular formula is C51H81O8Si4. The van der Waals surface area contributed by atoms with Crippen LogP contribution < -0.4 is 20.7 Å². The van der Waals surface area contributed by atoms with E-state index in [0.717, 1.165) is 14.7 Å². The Morgan fingerprint density at radius 3 is 1.25 bits per heavy atom. The van der Waals surface area contributed by atoms with Gasteiger partial charge in [0, 0.05) is 0 Å². The molecule has 4 aromatic carbocycles. The van der Waals surface area contributed by atoms with Gasteiger partial charge < -0.3 is 0 Å². The van der Waals surface area contributed by atoms with Crippen molar-refractivity contribution in [3.8, 4) is 0 Å². The third-order valence-corrected chi connectivity index (χ3v) is 13.6. The van der Waals surface area contributed by atoms with Crippen LogP contribution >= 0.6 is 0 Å². The Balaban J connectivity index is 0. The molecule has 349 valence electrons. The maximum absolute atomic E-state index is 7.90. The molecule has 8 nitrogen and oxygen atoms in total. The lowest BCUT2D eigenvalue weighted by molar-refractivity contribution is -0.306. The van der Waals surface area contributed by atoms with Gasteiger partial charge in [-0.1, -0.05) is 135 Å². The van der Waals surface area contributed by atoms with Crippen molar-refractivity contribution in [2.45, 2.75) is 153 Å². The van der Waals surface area contributed by atoms with Gasteiger partial charge in [0.25, 0.3) is 16.6 Å². The summed E-state index contributed by atoms with van der Waals surface area (Å²) in [4.78, 5) is 18.8. The predicted molar refractivity (Wildman–Crippen MR) is 275 cm³/mol. The first-order valence-corrected chi connectivity index (χ1v) is 28.1. The van der Waals surface area contributed by atoms with Gasteiger partial charge in [0.05, 0.1) is 32.6 Å². The summed E-state index contributed by atoms with van der Waals surface area (Å²) in [6.45, 7) is 44.9. The van der Waals surface area contributed by atoms with Gasteiger partial charge in [-0.3, -0.25) is 19.7 Å². The first kappa shape index (κ1) is 62.0. The van der Waals surface area contributed by atoms with Crippen LogP contribution in [0.5, 0.6) is 0 Å². The van der Waals surface area contributed by atoms with E-state index in [1.54, 1.807) is 41.5 Å². The quantitative estimate of drug-likeness (QED) is 0.0973. The molecule has 12 heteroatoms. The van der Waals surface area contributed by atoms with Crippen LogP contribution in [0.25, 0.3) is 0 Å². The molecule has 0 aliphatic rings. The summed E-state index contributed by atoms with van der Waals surface area (Å²) in [5.41, 5.74) is 7.59. The highest BCUT2D eigenvalue weighted by molar-refractivity contribution is 6.89. The zero-order valence-corrected chi connectivity index (χ0v) is 46.2. The zero-order chi connectivity index (χ0) is 49.3. The molecule has 1 unspecified atom stereocenters. The van der Waals surface area contributed by atoms with E-state index >= 15 is 0 Å². The molecule has 0 amide bonds. The highest BCUT2D eigenvalue weighted by Crippen LogP contribution is 2.16. The fraction of sp³-hybridized carbons (Fsp3) is 0.451. The second kappa shape index (κ2) is 29.4. The Morgan fingerprint density at radius 1 is 0.524 bits per heavy atom. The van der Waals surface area contributed by atoms with Crippen LogP contribution in [0.15, 0.2) is 122 Å². The van der Waals surface area contributed by atoms with Crippen LogP contribution in [-0.2, 0) is 28.7 Å². The first-order chi connectivity index (χ1) is 28.7. The van der Waals surface area contributed by atoms with Crippen molar-refractivity contribution in [1.29, 1.82) is 0 Å². The average molecular weight is 935 g/mol. The summed E-state index contributed by atoms with van der Waals surface area (Å²) in [7, 11) is -0.00275. The molecule has 0 spiro atoms. The van der Waals surface area contributed by atoms with E-state index < -0.39 is 27.8 Å². The lowest BCUT2D eigenvalue weighted by atomic mass is 10.2. The van der Waals surface area contributed by atoms with E-state index in [2.05, 4.69) is 159 Å². The molecule has 4 aromatic rings. The Bertz CT molecular complexity index is 1820. The average Bonchev–Trinajstić information content (AvgIpc) is 3.18. The molecule has 0 aromatic heterocycles. The summed E-state index contributed by atoms with van der Waals surface area (Å²) in [6.07, 6.45) is 0. The molecule has 0 fully saturated rings. The molecule has 63 heavy (non-hydrogen) atoms. The molecule has 0 saturated carbocycles. The number of hydrogen-bond donors (Lipinski definition) is 2. The fourth-order valence-corrected chi connectivity index (χ4v) is 8.37. The minimum atomic E-state index is -2.20. The van der Waals surface area contributed by atoms with Gasteiger partial charge in [0.15, 0.2) is 0 Å². The van der Waals surface area contributed by atoms with Gasteiger partial charge in [0.1, 0.15) is 9.52 Å². The maximum atomic E-state index is 7.90. The molecule has 0 aliphatic heterocycles. The van der Waals surface area contributed by atoms with Crippen molar-refractivity contribution in [2.75, 3.05) is 0 Å². The minimum absolute atomic E-state index is 0.256. The van der Waals surface area contributed by atoms with Crippen LogP contribution in [0.2, 0.25) is 19.6 Å². The van der Waals surface area contributed by atoms with Crippen LogP contribution in [-0.4, -0.2) is 69.3 Å². The monoisotopic (exact) mass is 934 g/mol. The van der Waals surface area contributed by atoms with Crippen LogP contribution in [0.4, 0.5) is 0 Å². The SMILES string of the molecule is C=C[Si](C)(OOC(C)(C)C)c1cccc(C)c1.C=C[Si]c1cccc(C)c1.CC(C)(C)OO.CC(C)(C)OO.Cc1ccc([Si])cc1.Cc1cccc([Si](C)(C)OOC(C)(C)C)c1. The number of rotatable bonds is 9.